The molecule has 112 valence electrons. The number of rotatable bonds is 2. The van der Waals surface area contributed by atoms with Crippen molar-refractivity contribution < 1.29 is 0 Å². The number of nitrogen functional groups attached to an aromatic ring is 1. The molecule has 0 saturated heterocycles. The number of hydrogen-bond donors (Lipinski definition) is 3. The molecular weight excluding hydrogens is 298 g/mol. The van der Waals surface area contributed by atoms with Crippen molar-refractivity contribution in [3.8, 4) is 5.69 Å². The van der Waals surface area contributed by atoms with Crippen LogP contribution < -0.4 is 16.8 Å². The van der Waals surface area contributed by atoms with E-state index in [1.807, 2.05) is 60.7 Å². The first-order chi connectivity index (χ1) is 10.7. The maximum Gasteiger partial charge on any atom is 0.245 e. The van der Waals surface area contributed by atoms with Crippen LogP contribution in [0, 0.1) is 0 Å². The molecule has 1 aromatic heterocycles. The molecule has 0 spiro atoms. The van der Waals surface area contributed by atoms with Crippen LogP contribution in [0.1, 0.15) is 0 Å². The molecule has 0 radical (unpaired) electrons. The first-order valence-electron chi connectivity index (χ1n) is 6.37. The average molecular weight is 313 g/mol. The predicted molar refractivity (Wildman–Crippen MR) is 90.4 cm³/mol. The molecule has 1 heterocycles. The van der Waals surface area contributed by atoms with Crippen molar-refractivity contribution in [1.82, 2.24) is 20.2 Å². The number of tetrazole rings is 1. The third-order valence-corrected chi connectivity index (χ3v) is 2.64. The molecular formula is C14H15N7S. The lowest BCUT2D eigenvalue weighted by Gasteiger charge is -2.00. The number of aromatic nitrogens is 4. The number of anilines is 2. The Bertz CT molecular complexity index is 712. The topological polar surface area (TPSA) is 108 Å². The van der Waals surface area contributed by atoms with Gasteiger partial charge < -0.3 is 16.8 Å². The van der Waals surface area contributed by atoms with Gasteiger partial charge >= 0.3 is 0 Å². The van der Waals surface area contributed by atoms with Crippen LogP contribution >= 0.6 is 12.2 Å². The molecule has 0 unspecified atom stereocenters. The van der Waals surface area contributed by atoms with Gasteiger partial charge in [0.2, 0.25) is 5.95 Å². The van der Waals surface area contributed by atoms with E-state index in [-0.39, 0.29) is 0 Å². The zero-order chi connectivity index (χ0) is 15.8. The Morgan fingerprint density at radius 2 is 1.59 bits per heavy atom. The number of nitrogens with zero attached hydrogens (tertiary/aromatic N) is 4. The average Bonchev–Trinajstić information content (AvgIpc) is 2.95. The number of thiocarbonyl (C=S) groups is 1. The van der Waals surface area contributed by atoms with Gasteiger partial charge in [-0.05, 0) is 46.9 Å². The smallest absolute Gasteiger partial charge is 0.245 e. The minimum absolute atomic E-state index is 0.293. The molecule has 22 heavy (non-hydrogen) atoms. The fraction of sp³-hybridized carbons (Fsp3) is 0. The summed E-state index contributed by atoms with van der Waals surface area (Å²) in [6.07, 6.45) is 0. The van der Waals surface area contributed by atoms with Gasteiger partial charge in [-0.3, -0.25) is 0 Å². The van der Waals surface area contributed by atoms with Crippen LogP contribution in [0.2, 0.25) is 0 Å². The third-order valence-electron chi connectivity index (χ3n) is 2.54. The van der Waals surface area contributed by atoms with Crippen LogP contribution in [0.5, 0.6) is 0 Å². The van der Waals surface area contributed by atoms with Crippen molar-refractivity contribution in [3.05, 3.63) is 60.7 Å². The molecule has 0 fully saturated rings. The molecule has 0 amide bonds. The quantitative estimate of drug-likeness (QED) is 0.616. The van der Waals surface area contributed by atoms with Crippen LogP contribution in [0.3, 0.4) is 0 Å². The van der Waals surface area contributed by atoms with Gasteiger partial charge in [-0.15, -0.1) is 0 Å². The van der Waals surface area contributed by atoms with Crippen molar-refractivity contribution >= 4 is 29.0 Å². The van der Waals surface area contributed by atoms with Crippen molar-refractivity contribution in [1.29, 1.82) is 0 Å². The second-order valence-corrected chi connectivity index (χ2v) is 4.58. The van der Waals surface area contributed by atoms with Crippen LogP contribution in [0.4, 0.5) is 11.6 Å². The number of nitrogens with one attached hydrogen (secondary N) is 1. The summed E-state index contributed by atoms with van der Waals surface area (Å²) >= 11 is 4.64. The predicted octanol–water partition coefficient (Wildman–Crippen LogP) is 1.59. The molecule has 0 aliphatic carbocycles. The highest BCUT2D eigenvalue weighted by Crippen LogP contribution is 2.06. The Labute approximate surface area is 132 Å². The molecule has 3 rings (SSSR count). The fourth-order valence-electron chi connectivity index (χ4n) is 1.61. The molecule has 0 saturated carbocycles. The SMILES string of the molecule is NC(=S)Nc1ccccc1.Nc1nnnn1-c1ccccc1. The summed E-state index contributed by atoms with van der Waals surface area (Å²) in [5.74, 6) is 0.293. The second kappa shape index (κ2) is 7.70. The van der Waals surface area contributed by atoms with Crippen LogP contribution in [0.25, 0.3) is 5.69 Å². The normalized spacial score (nSPS) is 9.45. The van der Waals surface area contributed by atoms with Crippen LogP contribution in [-0.4, -0.2) is 25.3 Å². The molecule has 5 N–H and O–H groups in total. The summed E-state index contributed by atoms with van der Waals surface area (Å²) in [7, 11) is 0. The first-order valence-corrected chi connectivity index (χ1v) is 6.78. The van der Waals surface area contributed by atoms with Crippen molar-refractivity contribution in [2.75, 3.05) is 11.1 Å². The summed E-state index contributed by atoms with van der Waals surface area (Å²) in [6.45, 7) is 0. The second-order valence-electron chi connectivity index (χ2n) is 4.14. The van der Waals surface area contributed by atoms with Gasteiger partial charge in [-0.25, -0.2) is 0 Å². The standard InChI is InChI=1S/C7H7N5.C7H8N2S/c8-7-9-10-11-12(7)6-4-2-1-3-5-6;8-7(10)9-6-4-2-1-3-5-6/h1-5H,(H2,8,9,11);1-5H,(H3,8,9,10). The van der Waals surface area contributed by atoms with Gasteiger partial charge in [-0.2, -0.15) is 4.68 Å². The van der Waals surface area contributed by atoms with E-state index in [0.29, 0.717) is 11.1 Å². The van der Waals surface area contributed by atoms with Gasteiger partial charge in [0.05, 0.1) is 5.69 Å². The molecule has 0 aliphatic heterocycles. The highest BCUT2D eigenvalue weighted by Gasteiger charge is 2.01. The van der Waals surface area contributed by atoms with E-state index in [4.69, 9.17) is 11.5 Å². The summed E-state index contributed by atoms with van der Waals surface area (Å²) in [5, 5.41) is 13.8. The molecule has 7 nitrogen and oxygen atoms in total. The van der Waals surface area contributed by atoms with Crippen LogP contribution in [-0.2, 0) is 0 Å². The minimum Gasteiger partial charge on any atom is -0.376 e. The molecule has 0 atom stereocenters. The molecule has 2 aromatic carbocycles. The third kappa shape index (κ3) is 4.53. The molecule has 0 aliphatic rings. The zero-order valence-corrected chi connectivity index (χ0v) is 12.4. The van der Waals surface area contributed by atoms with E-state index in [1.165, 1.54) is 4.68 Å². The lowest BCUT2D eigenvalue weighted by molar-refractivity contribution is 0.792. The highest BCUT2D eigenvalue weighted by molar-refractivity contribution is 7.80. The molecule has 0 bridgehead atoms. The van der Waals surface area contributed by atoms with Gasteiger partial charge in [0, 0.05) is 5.69 Å². The lowest BCUT2D eigenvalue weighted by Crippen LogP contribution is -2.18. The minimum atomic E-state index is 0.293. The number of nitrogens with two attached hydrogens (primary N) is 2. The molecule has 3 aromatic rings. The van der Waals surface area contributed by atoms with Crippen LogP contribution in [0.15, 0.2) is 60.7 Å². The maximum atomic E-state index is 5.50. The number of benzene rings is 2. The van der Waals surface area contributed by atoms with E-state index in [9.17, 15) is 0 Å². The Morgan fingerprint density at radius 1 is 1.00 bits per heavy atom. The fourth-order valence-corrected chi connectivity index (χ4v) is 1.73. The number of hydrogen-bond acceptors (Lipinski definition) is 5. The monoisotopic (exact) mass is 313 g/mol. The van der Waals surface area contributed by atoms with E-state index in [2.05, 4.69) is 33.1 Å². The Kier molecular flexibility index (Phi) is 5.38. The lowest BCUT2D eigenvalue weighted by atomic mass is 10.3. The van der Waals surface area contributed by atoms with Crippen molar-refractivity contribution in [2.45, 2.75) is 0 Å². The highest BCUT2D eigenvalue weighted by atomic mass is 32.1. The summed E-state index contributed by atoms with van der Waals surface area (Å²) in [4.78, 5) is 0. The van der Waals surface area contributed by atoms with Gasteiger partial charge in [-0.1, -0.05) is 41.5 Å². The van der Waals surface area contributed by atoms with E-state index in [0.717, 1.165) is 11.4 Å². The first kappa shape index (κ1) is 15.4. The molecule has 8 heteroatoms. The van der Waals surface area contributed by atoms with Crippen molar-refractivity contribution in [3.63, 3.8) is 0 Å². The van der Waals surface area contributed by atoms with E-state index < -0.39 is 0 Å². The Hall–Kier alpha value is -3.00. The Balaban J connectivity index is 0.000000164. The largest absolute Gasteiger partial charge is 0.376 e. The summed E-state index contributed by atoms with van der Waals surface area (Å²) in [6, 6.07) is 19.1. The summed E-state index contributed by atoms with van der Waals surface area (Å²) in [5.41, 5.74) is 12.5. The maximum absolute atomic E-state index is 5.50. The Morgan fingerprint density at radius 3 is 2.09 bits per heavy atom. The number of para-hydroxylation sites is 2. The van der Waals surface area contributed by atoms with Gasteiger partial charge in [0.25, 0.3) is 0 Å². The summed E-state index contributed by atoms with van der Waals surface area (Å²) < 4.78 is 1.47. The van der Waals surface area contributed by atoms with Crippen molar-refractivity contribution in [2.24, 2.45) is 5.73 Å². The van der Waals surface area contributed by atoms with Gasteiger partial charge in [0.1, 0.15) is 0 Å². The van der Waals surface area contributed by atoms with E-state index in [1.54, 1.807) is 0 Å². The van der Waals surface area contributed by atoms with Gasteiger partial charge in [0.15, 0.2) is 5.11 Å². The van der Waals surface area contributed by atoms with E-state index >= 15 is 0 Å². The zero-order valence-electron chi connectivity index (χ0n) is 11.6.